The van der Waals surface area contributed by atoms with E-state index < -0.39 is 23.5 Å². The number of rotatable bonds is 3. The van der Waals surface area contributed by atoms with Gasteiger partial charge < -0.3 is 4.74 Å². The van der Waals surface area contributed by atoms with Crippen LogP contribution in [0.2, 0.25) is 0 Å². The maximum atomic E-state index is 12.2. The van der Waals surface area contributed by atoms with Crippen molar-refractivity contribution in [3.63, 3.8) is 0 Å². The number of nitrogens with zero attached hydrogens (tertiary/aromatic N) is 3. The van der Waals surface area contributed by atoms with Crippen LogP contribution in [0.5, 0.6) is 0 Å². The number of carbonyl (C=O) groups is 3. The van der Waals surface area contributed by atoms with Gasteiger partial charge in [0.2, 0.25) is 0 Å². The third-order valence-corrected chi connectivity index (χ3v) is 3.34. The molecule has 3 rings (SSSR count). The van der Waals surface area contributed by atoms with Crippen LogP contribution in [0.1, 0.15) is 47.2 Å². The number of hydrogen-bond acceptors (Lipinski definition) is 6. The molecule has 8 nitrogen and oxygen atoms in total. The summed E-state index contributed by atoms with van der Waals surface area (Å²) in [5.74, 6) is -1.04. The third kappa shape index (κ3) is 3.43. The molecule has 8 heteroatoms. The Labute approximate surface area is 143 Å². The second kappa shape index (κ2) is 6.14. The maximum Gasteiger partial charge on any atom is 0.419 e. The molecule has 0 bridgehead atoms. The van der Waals surface area contributed by atoms with Gasteiger partial charge in [0.1, 0.15) is 18.5 Å². The van der Waals surface area contributed by atoms with Crippen molar-refractivity contribution in [1.29, 1.82) is 0 Å². The second-order valence-electron chi connectivity index (χ2n) is 6.48. The molecule has 0 aliphatic carbocycles. The minimum absolute atomic E-state index is 0.138. The zero-order valence-electron chi connectivity index (χ0n) is 14.1. The Kier molecular flexibility index (Phi) is 4.13. The number of benzene rings is 1. The van der Waals surface area contributed by atoms with Gasteiger partial charge in [0.05, 0.1) is 16.8 Å². The van der Waals surface area contributed by atoms with E-state index in [-0.39, 0.29) is 6.61 Å². The highest BCUT2D eigenvalue weighted by molar-refractivity contribution is 6.20. The predicted molar refractivity (Wildman–Crippen MR) is 85.6 cm³/mol. The molecular formula is C17H17N3O5. The summed E-state index contributed by atoms with van der Waals surface area (Å²) in [4.78, 5) is 45.6. The Morgan fingerprint density at radius 3 is 2.28 bits per heavy atom. The largest absolute Gasteiger partial charge is 0.443 e. The van der Waals surface area contributed by atoms with Crippen LogP contribution in [0.15, 0.2) is 36.8 Å². The summed E-state index contributed by atoms with van der Waals surface area (Å²) in [6.07, 6.45) is 2.13. The average Bonchev–Trinajstić information content (AvgIpc) is 3.10. The first-order valence-corrected chi connectivity index (χ1v) is 7.63. The van der Waals surface area contributed by atoms with Crippen molar-refractivity contribution in [2.75, 3.05) is 0 Å². The SMILES string of the molecule is CC(C)(C)OC(=O)n1cnc(CON2C(=O)c3ccccc3C2=O)c1. The van der Waals surface area contributed by atoms with E-state index in [1.165, 1.54) is 17.1 Å². The predicted octanol–water partition coefficient (Wildman–Crippen LogP) is 2.39. The van der Waals surface area contributed by atoms with E-state index in [1.54, 1.807) is 45.0 Å². The van der Waals surface area contributed by atoms with E-state index in [0.717, 1.165) is 0 Å². The lowest BCUT2D eigenvalue weighted by Crippen LogP contribution is -2.29. The van der Waals surface area contributed by atoms with Gasteiger partial charge in [-0.05, 0) is 32.9 Å². The van der Waals surface area contributed by atoms with Crippen molar-refractivity contribution < 1.29 is 24.0 Å². The first kappa shape index (κ1) is 16.8. The Balaban J connectivity index is 1.65. The number of aromatic nitrogens is 2. The Morgan fingerprint density at radius 2 is 1.72 bits per heavy atom. The van der Waals surface area contributed by atoms with E-state index in [1.807, 2.05) is 0 Å². The van der Waals surface area contributed by atoms with Crippen molar-refractivity contribution in [3.05, 3.63) is 53.6 Å². The fraction of sp³-hybridized carbons (Fsp3) is 0.294. The number of carbonyl (C=O) groups excluding carboxylic acids is 3. The molecule has 0 spiro atoms. The number of imide groups is 1. The lowest BCUT2D eigenvalue weighted by molar-refractivity contribution is -0.101. The van der Waals surface area contributed by atoms with Gasteiger partial charge in [-0.1, -0.05) is 12.1 Å². The second-order valence-corrected chi connectivity index (χ2v) is 6.48. The summed E-state index contributed by atoms with van der Waals surface area (Å²) < 4.78 is 6.39. The van der Waals surface area contributed by atoms with Crippen LogP contribution in [0.3, 0.4) is 0 Å². The van der Waals surface area contributed by atoms with Gasteiger partial charge in [0.25, 0.3) is 11.8 Å². The molecule has 1 aromatic heterocycles. The van der Waals surface area contributed by atoms with Gasteiger partial charge in [0, 0.05) is 6.20 Å². The molecular weight excluding hydrogens is 326 g/mol. The van der Waals surface area contributed by atoms with Gasteiger partial charge >= 0.3 is 6.09 Å². The first-order valence-electron chi connectivity index (χ1n) is 7.63. The quantitative estimate of drug-likeness (QED) is 0.795. The average molecular weight is 343 g/mol. The summed E-state index contributed by atoms with van der Waals surface area (Å²) in [7, 11) is 0. The Hall–Kier alpha value is -3.00. The molecule has 2 amide bonds. The summed E-state index contributed by atoms with van der Waals surface area (Å²) >= 11 is 0. The fourth-order valence-corrected chi connectivity index (χ4v) is 2.27. The maximum absolute atomic E-state index is 12.2. The molecule has 0 saturated carbocycles. The van der Waals surface area contributed by atoms with Crippen LogP contribution >= 0.6 is 0 Å². The molecule has 1 aliphatic rings. The van der Waals surface area contributed by atoms with Crippen LogP contribution in [-0.4, -0.2) is 38.1 Å². The van der Waals surface area contributed by atoms with Crippen molar-refractivity contribution in [2.24, 2.45) is 0 Å². The lowest BCUT2D eigenvalue weighted by atomic mass is 10.1. The monoisotopic (exact) mass is 343 g/mol. The van der Waals surface area contributed by atoms with Crippen LogP contribution in [-0.2, 0) is 16.2 Å². The number of hydroxylamine groups is 2. The fourth-order valence-electron chi connectivity index (χ4n) is 2.27. The number of ether oxygens (including phenoxy) is 1. The van der Waals surface area contributed by atoms with Crippen LogP contribution in [0, 0.1) is 0 Å². The molecule has 2 aromatic rings. The smallest absolute Gasteiger partial charge is 0.419 e. The molecule has 0 N–H and O–H groups in total. The van der Waals surface area contributed by atoms with Crippen LogP contribution in [0.4, 0.5) is 4.79 Å². The number of amides is 2. The summed E-state index contributed by atoms with van der Waals surface area (Å²) in [6.45, 7) is 5.14. The lowest BCUT2D eigenvalue weighted by Gasteiger charge is -2.19. The number of imidazole rings is 1. The van der Waals surface area contributed by atoms with E-state index in [4.69, 9.17) is 9.57 Å². The van der Waals surface area contributed by atoms with E-state index in [2.05, 4.69) is 4.98 Å². The van der Waals surface area contributed by atoms with Gasteiger partial charge in [-0.2, -0.15) is 0 Å². The topological polar surface area (TPSA) is 90.7 Å². The van der Waals surface area contributed by atoms with Gasteiger partial charge in [-0.3, -0.25) is 14.4 Å². The number of hydrogen-bond donors (Lipinski definition) is 0. The molecule has 1 aromatic carbocycles. The highest BCUT2D eigenvalue weighted by Crippen LogP contribution is 2.23. The molecule has 130 valence electrons. The zero-order valence-corrected chi connectivity index (χ0v) is 14.1. The molecule has 0 saturated heterocycles. The number of fused-ring (bicyclic) bond motifs is 1. The zero-order chi connectivity index (χ0) is 18.2. The molecule has 25 heavy (non-hydrogen) atoms. The molecule has 0 radical (unpaired) electrons. The molecule has 2 heterocycles. The van der Waals surface area contributed by atoms with Crippen molar-refractivity contribution in [3.8, 4) is 0 Å². The normalized spacial score (nSPS) is 14.0. The minimum Gasteiger partial charge on any atom is -0.443 e. The van der Waals surface area contributed by atoms with Crippen molar-refractivity contribution >= 4 is 17.9 Å². The molecule has 0 atom stereocenters. The summed E-state index contributed by atoms with van der Waals surface area (Å²) in [6, 6.07) is 6.48. The van der Waals surface area contributed by atoms with E-state index in [9.17, 15) is 14.4 Å². The van der Waals surface area contributed by atoms with Gasteiger partial charge in [0.15, 0.2) is 0 Å². The highest BCUT2D eigenvalue weighted by atomic mass is 16.7. The van der Waals surface area contributed by atoms with E-state index >= 15 is 0 Å². The van der Waals surface area contributed by atoms with Gasteiger partial charge in [-0.25, -0.2) is 14.3 Å². The van der Waals surface area contributed by atoms with Gasteiger partial charge in [-0.15, -0.1) is 5.06 Å². The third-order valence-electron chi connectivity index (χ3n) is 3.34. The minimum atomic E-state index is -0.627. The Bertz CT molecular complexity index is 815. The first-order chi connectivity index (χ1) is 11.8. The molecule has 1 aliphatic heterocycles. The Morgan fingerprint density at radius 1 is 1.12 bits per heavy atom. The highest BCUT2D eigenvalue weighted by Gasteiger charge is 2.36. The summed E-state index contributed by atoms with van der Waals surface area (Å²) in [5, 5.41) is 0.706. The van der Waals surface area contributed by atoms with Crippen molar-refractivity contribution in [2.45, 2.75) is 33.0 Å². The van der Waals surface area contributed by atoms with Crippen LogP contribution < -0.4 is 0 Å². The molecule has 0 unspecified atom stereocenters. The van der Waals surface area contributed by atoms with E-state index in [0.29, 0.717) is 21.9 Å². The standard InChI is InChI=1S/C17H17N3O5/c1-17(2,3)25-16(23)19-8-11(18-10-19)9-24-20-14(21)12-6-4-5-7-13(12)15(20)22/h4-8,10H,9H2,1-3H3. The summed E-state index contributed by atoms with van der Waals surface area (Å²) in [5.41, 5.74) is 0.346. The molecule has 0 fully saturated rings. The van der Waals surface area contributed by atoms with Crippen molar-refractivity contribution in [1.82, 2.24) is 14.6 Å². The van der Waals surface area contributed by atoms with Crippen LogP contribution in [0.25, 0.3) is 0 Å².